The zero-order valence-electron chi connectivity index (χ0n) is 8.53. The van der Waals surface area contributed by atoms with Gasteiger partial charge >= 0.3 is 0 Å². The van der Waals surface area contributed by atoms with Crippen molar-refractivity contribution in [1.82, 2.24) is 0 Å². The number of hydrogen-bond acceptors (Lipinski definition) is 3. The van der Waals surface area contributed by atoms with Gasteiger partial charge in [0, 0.05) is 17.9 Å². The Hall–Kier alpha value is -1.06. The highest BCUT2D eigenvalue weighted by molar-refractivity contribution is 5.45. The summed E-state index contributed by atoms with van der Waals surface area (Å²) in [7, 11) is 0. The normalized spacial score (nSPS) is 10.4. The maximum absolute atomic E-state index is 5.75. The molecule has 14 heavy (non-hydrogen) atoms. The minimum Gasteiger partial charge on any atom is -0.398 e. The van der Waals surface area contributed by atoms with Gasteiger partial charge in [-0.05, 0) is 13.0 Å². The molecule has 0 heterocycles. The van der Waals surface area contributed by atoms with Crippen LogP contribution in [0.5, 0.6) is 0 Å². The van der Waals surface area contributed by atoms with Gasteiger partial charge in [-0.15, -0.1) is 0 Å². The van der Waals surface area contributed by atoms with Gasteiger partial charge in [-0.25, -0.2) is 0 Å². The van der Waals surface area contributed by atoms with Gasteiger partial charge in [0.2, 0.25) is 0 Å². The number of rotatable bonds is 6. The molecule has 3 nitrogen and oxygen atoms in total. The smallest absolute Gasteiger partial charge is 0.0738 e. The lowest BCUT2D eigenvalue weighted by Gasteiger charge is -2.06. The highest BCUT2D eigenvalue weighted by Gasteiger charge is 1.96. The van der Waals surface area contributed by atoms with Crippen molar-refractivity contribution in [3.63, 3.8) is 0 Å². The van der Waals surface area contributed by atoms with Crippen molar-refractivity contribution in [3.05, 3.63) is 29.8 Å². The molecule has 0 aliphatic heterocycles. The van der Waals surface area contributed by atoms with Crippen LogP contribution < -0.4 is 5.73 Å². The molecule has 0 aromatic heterocycles. The van der Waals surface area contributed by atoms with Crippen LogP contribution in [0.25, 0.3) is 0 Å². The summed E-state index contributed by atoms with van der Waals surface area (Å²) in [6.45, 7) is 4.51. The van der Waals surface area contributed by atoms with Gasteiger partial charge in [0.25, 0.3) is 0 Å². The fraction of sp³-hybridized carbons (Fsp3) is 0.455. The highest BCUT2D eigenvalue weighted by Crippen LogP contribution is 2.11. The predicted molar refractivity (Wildman–Crippen MR) is 57.0 cm³/mol. The molecular weight excluding hydrogens is 178 g/mol. The van der Waals surface area contributed by atoms with Crippen LogP contribution in [0, 0.1) is 0 Å². The van der Waals surface area contributed by atoms with E-state index < -0.39 is 0 Å². The Balaban J connectivity index is 2.21. The van der Waals surface area contributed by atoms with E-state index >= 15 is 0 Å². The molecule has 0 spiro atoms. The van der Waals surface area contributed by atoms with Crippen LogP contribution in [0.15, 0.2) is 24.3 Å². The number of nitrogen functional groups attached to an aromatic ring is 1. The monoisotopic (exact) mass is 195 g/mol. The summed E-state index contributed by atoms with van der Waals surface area (Å²) < 4.78 is 10.5. The molecule has 0 saturated heterocycles. The summed E-state index contributed by atoms with van der Waals surface area (Å²) >= 11 is 0. The van der Waals surface area contributed by atoms with Crippen molar-refractivity contribution in [2.45, 2.75) is 13.5 Å². The molecule has 2 N–H and O–H groups in total. The zero-order chi connectivity index (χ0) is 10.2. The van der Waals surface area contributed by atoms with Gasteiger partial charge in [0.05, 0.1) is 19.8 Å². The van der Waals surface area contributed by atoms with Crippen molar-refractivity contribution >= 4 is 5.69 Å². The largest absolute Gasteiger partial charge is 0.398 e. The summed E-state index contributed by atoms with van der Waals surface area (Å²) in [5.41, 5.74) is 7.56. The van der Waals surface area contributed by atoms with E-state index in [1.807, 2.05) is 31.2 Å². The van der Waals surface area contributed by atoms with Gasteiger partial charge in [0.15, 0.2) is 0 Å². The Morgan fingerprint density at radius 3 is 2.57 bits per heavy atom. The SMILES string of the molecule is CCOCCOCc1ccccc1N. The van der Waals surface area contributed by atoms with E-state index in [9.17, 15) is 0 Å². The lowest BCUT2D eigenvalue weighted by molar-refractivity contribution is 0.0455. The van der Waals surface area contributed by atoms with E-state index in [0.29, 0.717) is 19.8 Å². The lowest BCUT2D eigenvalue weighted by atomic mass is 10.2. The van der Waals surface area contributed by atoms with Crippen molar-refractivity contribution in [1.29, 1.82) is 0 Å². The summed E-state index contributed by atoms with van der Waals surface area (Å²) in [4.78, 5) is 0. The Kier molecular flexibility index (Phi) is 5.04. The number of anilines is 1. The van der Waals surface area contributed by atoms with Gasteiger partial charge < -0.3 is 15.2 Å². The molecule has 0 atom stereocenters. The zero-order valence-corrected chi connectivity index (χ0v) is 8.53. The van der Waals surface area contributed by atoms with E-state index in [1.54, 1.807) is 0 Å². The van der Waals surface area contributed by atoms with Crippen LogP contribution in [0.2, 0.25) is 0 Å². The third-order valence-electron chi connectivity index (χ3n) is 1.89. The van der Waals surface area contributed by atoms with Crippen LogP contribution >= 0.6 is 0 Å². The Morgan fingerprint density at radius 2 is 1.86 bits per heavy atom. The first kappa shape index (κ1) is 11.0. The van der Waals surface area contributed by atoms with E-state index in [0.717, 1.165) is 17.9 Å². The quantitative estimate of drug-likeness (QED) is 0.556. The average Bonchev–Trinajstić information content (AvgIpc) is 2.20. The first-order valence-corrected chi connectivity index (χ1v) is 4.83. The van der Waals surface area contributed by atoms with Crippen LogP contribution in [0.1, 0.15) is 12.5 Å². The molecule has 1 aromatic rings. The molecule has 1 aromatic carbocycles. The minimum absolute atomic E-state index is 0.555. The minimum atomic E-state index is 0.555. The van der Waals surface area contributed by atoms with Crippen molar-refractivity contribution < 1.29 is 9.47 Å². The van der Waals surface area contributed by atoms with Crippen LogP contribution in [-0.4, -0.2) is 19.8 Å². The molecule has 0 aliphatic rings. The Morgan fingerprint density at radius 1 is 1.14 bits per heavy atom. The van der Waals surface area contributed by atoms with Crippen LogP contribution in [-0.2, 0) is 16.1 Å². The van der Waals surface area contributed by atoms with E-state index in [-0.39, 0.29) is 0 Å². The Bertz CT molecular complexity index is 263. The van der Waals surface area contributed by atoms with Gasteiger partial charge in [-0.3, -0.25) is 0 Å². The van der Waals surface area contributed by atoms with Gasteiger partial charge in [0.1, 0.15) is 0 Å². The summed E-state index contributed by atoms with van der Waals surface area (Å²) in [5.74, 6) is 0. The second-order valence-corrected chi connectivity index (χ2v) is 2.95. The molecule has 78 valence electrons. The molecule has 0 unspecified atom stereocenters. The summed E-state index contributed by atoms with van der Waals surface area (Å²) in [6, 6.07) is 7.72. The second kappa shape index (κ2) is 6.40. The fourth-order valence-corrected chi connectivity index (χ4v) is 1.11. The van der Waals surface area contributed by atoms with Crippen molar-refractivity contribution in [2.75, 3.05) is 25.6 Å². The lowest BCUT2D eigenvalue weighted by Crippen LogP contribution is -2.05. The number of benzene rings is 1. The molecule has 0 aliphatic carbocycles. The summed E-state index contributed by atoms with van der Waals surface area (Å²) in [6.07, 6.45) is 0. The van der Waals surface area contributed by atoms with Gasteiger partial charge in [-0.1, -0.05) is 18.2 Å². The molecular formula is C11H17NO2. The van der Waals surface area contributed by atoms with E-state index in [2.05, 4.69) is 0 Å². The standard InChI is InChI=1S/C11H17NO2/c1-2-13-7-8-14-9-10-5-3-4-6-11(10)12/h3-6H,2,7-9,12H2,1H3. The maximum Gasteiger partial charge on any atom is 0.0738 e. The maximum atomic E-state index is 5.75. The Labute approximate surface area is 84.8 Å². The van der Waals surface area contributed by atoms with Crippen molar-refractivity contribution in [3.8, 4) is 0 Å². The summed E-state index contributed by atoms with van der Waals surface area (Å²) in [5, 5.41) is 0. The molecule has 3 heteroatoms. The van der Waals surface area contributed by atoms with Crippen LogP contribution in [0.4, 0.5) is 5.69 Å². The number of ether oxygens (including phenoxy) is 2. The highest BCUT2D eigenvalue weighted by atomic mass is 16.5. The topological polar surface area (TPSA) is 44.5 Å². The average molecular weight is 195 g/mol. The second-order valence-electron chi connectivity index (χ2n) is 2.95. The van der Waals surface area contributed by atoms with Crippen LogP contribution in [0.3, 0.4) is 0 Å². The molecule has 0 bridgehead atoms. The third-order valence-corrected chi connectivity index (χ3v) is 1.89. The molecule has 0 fully saturated rings. The number of nitrogens with two attached hydrogens (primary N) is 1. The molecule has 0 radical (unpaired) electrons. The number of para-hydroxylation sites is 1. The first-order chi connectivity index (χ1) is 6.84. The number of hydrogen-bond donors (Lipinski definition) is 1. The van der Waals surface area contributed by atoms with E-state index in [1.165, 1.54) is 0 Å². The first-order valence-electron chi connectivity index (χ1n) is 4.83. The molecule has 1 rings (SSSR count). The van der Waals surface area contributed by atoms with Crippen molar-refractivity contribution in [2.24, 2.45) is 0 Å². The molecule has 0 amide bonds. The van der Waals surface area contributed by atoms with Gasteiger partial charge in [-0.2, -0.15) is 0 Å². The molecule has 0 saturated carbocycles. The third kappa shape index (κ3) is 3.77. The van der Waals surface area contributed by atoms with E-state index in [4.69, 9.17) is 15.2 Å². The fourth-order valence-electron chi connectivity index (χ4n) is 1.11. The predicted octanol–water partition coefficient (Wildman–Crippen LogP) is 1.82.